The lowest BCUT2D eigenvalue weighted by atomic mass is 9.45. The van der Waals surface area contributed by atoms with Crippen molar-refractivity contribution in [3.63, 3.8) is 0 Å². The van der Waals surface area contributed by atoms with Crippen molar-refractivity contribution in [3.05, 3.63) is 0 Å². The van der Waals surface area contributed by atoms with Gasteiger partial charge in [0.05, 0.1) is 0 Å². The summed E-state index contributed by atoms with van der Waals surface area (Å²) in [5.74, 6) is 5.74. The maximum atomic E-state index is 3.88. The fourth-order valence-corrected chi connectivity index (χ4v) is 7.26. The number of rotatable bonds is 6. The number of fused-ring (bicyclic) bond motifs is 4. The van der Waals surface area contributed by atoms with Crippen LogP contribution in [0.25, 0.3) is 0 Å². The van der Waals surface area contributed by atoms with Crippen molar-refractivity contribution in [1.29, 1.82) is 0 Å². The van der Waals surface area contributed by atoms with Crippen LogP contribution >= 0.6 is 0 Å². The Labute approximate surface area is 149 Å². The third-order valence-electron chi connectivity index (χ3n) is 9.47. The summed E-state index contributed by atoms with van der Waals surface area (Å²) in [5.41, 5.74) is 1.25. The molecule has 2 heteroatoms. The molecule has 0 aromatic rings. The average Bonchev–Trinajstić information content (AvgIpc) is 2.55. The molecule has 0 heterocycles. The monoisotopic (exact) mass is 332 g/mol. The lowest BCUT2D eigenvalue weighted by Gasteiger charge is -2.62. The van der Waals surface area contributed by atoms with E-state index in [-0.39, 0.29) is 0 Å². The highest BCUT2D eigenvalue weighted by atomic mass is 15.0. The van der Waals surface area contributed by atoms with Gasteiger partial charge in [0.25, 0.3) is 0 Å². The second-order valence-electron chi connectivity index (χ2n) is 10.9. The van der Waals surface area contributed by atoms with Crippen LogP contribution < -0.4 is 10.6 Å². The molecule has 0 aromatic carbocycles. The van der Waals surface area contributed by atoms with Crippen LogP contribution in [0.2, 0.25) is 0 Å². The zero-order valence-corrected chi connectivity index (χ0v) is 16.7. The minimum absolute atomic E-state index is 0.615. The zero-order chi connectivity index (χ0) is 17.1. The quantitative estimate of drug-likeness (QED) is 0.708. The van der Waals surface area contributed by atoms with Crippen LogP contribution in [0.4, 0.5) is 0 Å². The largest absolute Gasteiger partial charge is 0.315 e. The summed E-state index contributed by atoms with van der Waals surface area (Å²) in [6, 6.07) is 0.768. The molecule has 6 aliphatic carbocycles. The second-order valence-corrected chi connectivity index (χ2v) is 10.9. The summed E-state index contributed by atoms with van der Waals surface area (Å²) in [7, 11) is 0. The molecule has 138 valence electrons. The second kappa shape index (κ2) is 5.98. The predicted octanol–water partition coefficient (Wildman–Crippen LogP) is 4.31. The smallest absolute Gasteiger partial charge is 0.00989 e. The van der Waals surface area contributed by atoms with Crippen molar-refractivity contribution in [2.24, 2.45) is 46.3 Å². The molecular weight excluding hydrogens is 292 g/mol. The van der Waals surface area contributed by atoms with Crippen molar-refractivity contribution in [2.75, 3.05) is 19.6 Å². The van der Waals surface area contributed by atoms with Gasteiger partial charge < -0.3 is 10.6 Å². The van der Waals surface area contributed by atoms with Crippen LogP contribution in [0.15, 0.2) is 0 Å². The van der Waals surface area contributed by atoms with Crippen molar-refractivity contribution in [3.8, 4) is 0 Å². The Bertz CT molecular complexity index is 467. The lowest BCUT2D eigenvalue weighted by molar-refractivity contribution is -0.115. The molecule has 0 aliphatic heterocycles. The minimum Gasteiger partial charge on any atom is -0.315 e. The molecule has 24 heavy (non-hydrogen) atoms. The van der Waals surface area contributed by atoms with Gasteiger partial charge in [-0.25, -0.2) is 0 Å². The van der Waals surface area contributed by atoms with E-state index in [2.05, 4.69) is 45.3 Å². The van der Waals surface area contributed by atoms with Gasteiger partial charge in [-0.15, -0.1) is 0 Å². The Morgan fingerprint density at radius 3 is 2.17 bits per heavy atom. The number of hydrogen-bond donors (Lipinski definition) is 2. The standard InChI is InChI=1S/C22H40N2/c1-14-18-11-17(22(18,4)5)12-20(14)24-9-8-23-13-15-6-7-16-10-19(15)21(16,2)3/h14-20,23-24H,6-13H2,1-5H3/t14-,15-,16-,17+,18-,19-,20+/m0/s1. The molecule has 6 saturated carbocycles. The van der Waals surface area contributed by atoms with Crippen LogP contribution in [-0.4, -0.2) is 25.7 Å². The first-order valence-corrected chi connectivity index (χ1v) is 10.8. The Kier molecular flexibility index (Phi) is 4.32. The molecule has 4 bridgehead atoms. The Morgan fingerprint density at radius 2 is 1.54 bits per heavy atom. The Hall–Kier alpha value is -0.0800. The van der Waals surface area contributed by atoms with Crippen molar-refractivity contribution < 1.29 is 0 Å². The normalized spacial score (nSPS) is 47.6. The van der Waals surface area contributed by atoms with E-state index in [1.807, 2.05) is 0 Å². The fraction of sp³-hybridized carbons (Fsp3) is 1.00. The van der Waals surface area contributed by atoms with E-state index < -0.39 is 0 Å². The van der Waals surface area contributed by atoms with Gasteiger partial charge in [0, 0.05) is 19.1 Å². The molecule has 7 atom stereocenters. The predicted molar refractivity (Wildman–Crippen MR) is 102 cm³/mol. The molecule has 2 N–H and O–H groups in total. The third kappa shape index (κ3) is 2.58. The van der Waals surface area contributed by atoms with E-state index in [0.29, 0.717) is 10.8 Å². The highest BCUT2D eigenvalue weighted by Gasteiger charge is 2.56. The van der Waals surface area contributed by atoms with Gasteiger partial charge in [-0.2, -0.15) is 0 Å². The molecular formula is C22H40N2. The van der Waals surface area contributed by atoms with Crippen molar-refractivity contribution in [2.45, 2.75) is 72.8 Å². The van der Waals surface area contributed by atoms with Gasteiger partial charge in [0.15, 0.2) is 0 Å². The molecule has 2 nitrogen and oxygen atoms in total. The summed E-state index contributed by atoms with van der Waals surface area (Å²) in [6.07, 6.45) is 7.36. The summed E-state index contributed by atoms with van der Waals surface area (Å²) in [4.78, 5) is 0. The van der Waals surface area contributed by atoms with Gasteiger partial charge >= 0.3 is 0 Å². The maximum Gasteiger partial charge on any atom is 0.00989 e. The first-order valence-electron chi connectivity index (χ1n) is 10.8. The van der Waals surface area contributed by atoms with Crippen LogP contribution in [0.3, 0.4) is 0 Å². The van der Waals surface area contributed by atoms with Crippen LogP contribution in [0.1, 0.15) is 66.7 Å². The number of hydrogen-bond acceptors (Lipinski definition) is 2. The summed E-state index contributed by atoms with van der Waals surface area (Å²) in [5, 5.41) is 7.66. The SMILES string of the molecule is C[C@@H]1[C@H](NCCNC[C@@H]2CC[C@H]3C[C@@H]2C3(C)C)C[C@H]2C[C@@H]1C2(C)C. The lowest BCUT2D eigenvalue weighted by Crippen LogP contribution is -2.60. The van der Waals surface area contributed by atoms with Gasteiger partial charge in [0.2, 0.25) is 0 Å². The average molecular weight is 333 g/mol. The summed E-state index contributed by atoms with van der Waals surface area (Å²) < 4.78 is 0. The van der Waals surface area contributed by atoms with Crippen LogP contribution in [-0.2, 0) is 0 Å². The zero-order valence-electron chi connectivity index (χ0n) is 16.7. The summed E-state index contributed by atoms with van der Waals surface area (Å²) in [6.45, 7) is 16.1. The van der Waals surface area contributed by atoms with E-state index in [1.165, 1.54) is 38.6 Å². The van der Waals surface area contributed by atoms with Crippen molar-refractivity contribution >= 4 is 0 Å². The first-order chi connectivity index (χ1) is 11.3. The molecule has 6 aliphatic rings. The Balaban J connectivity index is 1.15. The molecule has 0 aromatic heterocycles. The van der Waals surface area contributed by atoms with E-state index >= 15 is 0 Å². The minimum atomic E-state index is 0.615. The van der Waals surface area contributed by atoms with Gasteiger partial charge in [0.1, 0.15) is 0 Å². The van der Waals surface area contributed by atoms with Gasteiger partial charge in [-0.1, -0.05) is 34.6 Å². The third-order valence-corrected chi connectivity index (χ3v) is 9.47. The highest BCUT2D eigenvalue weighted by molar-refractivity contribution is 5.07. The number of nitrogens with one attached hydrogen (secondary N) is 2. The van der Waals surface area contributed by atoms with E-state index in [9.17, 15) is 0 Å². The van der Waals surface area contributed by atoms with Gasteiger partial charge in [-0.05, 0) is 85.0 Å². The van der Waals surface area contributed by atoms with E-state index in [4.69, 9.17) is 0 Å². The molecule has 6 rings (SSSR count). The van der Waals surface area contributed by atoms with Gasteiger partial charge in [-0.3, -0.25) is 0 Å². The van der Waals surface area contributed by atoms with E-state index in [0.717, 1.165) is 54.6 Å². The van der Waals surface area contributed by atoms with E-state index in [1.54, 1.807) is 0 Å². The first kappa shape index (κ1) is 17.3. The molecule has 0 amide bonds. The van der Waals surface area contributed by atoms with Crippen LogP contribution in [0.5, 0.6) is 0 Å². The van der Waals surface area contributed by atoms with Crippen LogP contribution in [0, 0.1) is 46.3 Å². The van der Waals surface area contributed by atoms with Crippen molar-refractivity contribution in [1.82, 2.24) is 10.6 Å². The Morgan fingerprint density at radius 1 is 0.833 bits per heavy atom. The molecule has 6 fully saturated rings. The molecule has 0 saturated heterocycles. The highest BCUT2D eigenvalue weighted by Crippen LogP contribution is 2.62. The topological polar surface area (TPSA) is 24.1 Å². The maximum absolute atomic E-state index is 3.88. The summed E-state index contributed by atoms with van der Waals surface area (Å²) >= 11 is 0. The molecule has 0 spiro atoms. The molecule has 0 unspecified atom stereocenters. The fourth-order valence-electron chi connectivity index (χ4n) is 7.26. The molecule has 0 radical (unpaired) electrons.